The van der Waals surface area contributed by atoms with Gasteiger partial charge in [0.25, 0.3) is 0 Å². The lowest BCUT2D eigenvalue weighted by atomic mass is 10.2. The summed E-state index contributed by atoms with van der Waals surface area (Å²) >= 11 is 7.28. The Morgan fingerprint density at radius 3 is 2.89 bits per heavy atom. The normalized spacial score (nSPS) is 22.4. The Kier molecular flexibility index (Phi) is 5.51. The number of methoxy groups -OCH3 is 1. The van der Waals surface area contributed by atoms with E-state index in [1.807, 2.05) is 24.3 Å². The summed E-state index contributed by atoms with van der Waals surface area (Å²) in [6.07, 6.45) is -0.0514. The van der Waals surface area contributed by atoms with E-state index in [2.05, 4.69) is 5.32 Å². The van der Waals surface area contributed by atoms with Crippen LogP contribution in [0.25, 0.3) is 0 Å². The zero-order valence-corrected chi connectivity index (χ0v) is 12.2. The minimum Gasteiger partial charge on any atom is -0.377 e. The number of hydrogen-bond acceptors (Lipinski definition) is 4. The van der Waals surface area contributed by atoms with Crippen LogP contribution in [0, 0.1) is 0 Å². The molecule has 6 heteroatoms. The van der Waals surface area contributed by atoms with Crippen molar-refractivity contribution in [2.45, 2.75) is 17.0 Å². The first-order chi connectivity index (χ1) is 9.19. The molecule has 1 aromatic rings. The molecule has 0 spiro atoms. The average Bonchev–Trinajstić information content (AvgIpc) is 2.85. The molecule has 1 saturated heterocycles. The van der Waals surface area contributed by atoms with Crippen LogP contribution in [-0.2, 0) is 14.3 Å². The number of carbonyl (C=O) groups is 1. The van der Waals surface area contributed by atoms with Crippen molar-refractivity contribution in [3.63, 3.8) is 0 Å². The molecular weight excluding hydrogens is 286 g/mol. The molecule has 1 aliphatic rings. The summed E-state index contributed by atoms with van der Waals surface area (Å²) in [7, 11) is 1.63. The number of ether oxygens (including phenoxy) is 2. The molecule has 19 heavy (non-hydrogen) atoms. The lowest BCUT2D eigenvalue weighted by molar-refractivity contribution is -0.119. The Bertz CT molecular complexity index is 426. The standard InChI is InChI=1S/C13H16ClNO3S/c1-17-12-7-18-6-11(12)15-13(16)8-19-10-4-2-9(14)3-5-10/h2-5,11-12H,6-8H2,1H3,(H,15,16)/t11-,12-/m0/s1. The third-order valence-electron chi connectivity index (χ3n) is 2.86. The van der Waals surface area contributed by atoms with Gasteiger partial charge in [-0.2, -0.15) is 0 Å². The molecule has 0 saturated carbocycles. The van der Waals surface area contributed by atoms with Gasteiger partial charge >= 0.3 is 0 Å². The molecule has 2 atom stereocenters. The zero-order chi connectivity index (χ0) is 13.7. The van der Waals surface area contributed by atoms with Crippen molar-refractivity contribution in [1.29, 1.82) is 0 Å². The fourth-order valence-corrected chi connectivity index (χ4v) is 2.67. The summed E-state index contributed by atoms with van der Waals surface area (Å²) < 4.78 is 10.5. The van der Waals surface area contributed by atoms with Gasteiger partial charge in [-0.3, -0.25) is 4.79 Å². The van der Waals surface area contributed by atoms with Crippen LogP contribution >= 0.6 is 23.4 Å². The van der Waals surface area contributed by atoms with Crippen molar-refractivity contribution < 1.29 is 14.3 Å². The first-order valence-corrected chi connectivity index (χ1v) is 7.33. The molecule has 1 aliphatic heterocycles. The van der Waals surface area contributed by atoms with Gasteiger partial charge in [0.2, 0.25) is 5.91 Å². The van der Waals surface area contributed by atoms with Gasteiger partial charge in [0.05, 0.1) is 25.0 Å². The van der Waals surface area contributed by atoms with Gasteiger partial charge in [-0.15, -0.1) is 11.8 Å². The highest BCUT2D eigenvalue weighted by Gasteiger charge is 2.29. The van der Waals surface area contributed by atoms with Crippen LogP contribution in [0.2, 0.25) is 5.02 Å². The molecule has 104 valence electrons. The number of thioether (sulfide) groups is 1. The molecule has 1 amide bonds. The number of hydrogen-bond donors (Lipinski definition) is 1. The van der Waals surface area contributed by atoms with E-state index >= 15 is 0 Å². The summed E-state index contributed by atoms with van der Waals surface area (Å²) in [5, 5.41) is 3.62. The van der Waals surface area contributed by atoms with Gasteiger partial charge in [-0.25, -0.2) is 0 Å². The molecule has 1 N–H and O–H groups in total. The SMILES string of the molecule is CO[C@H]1COC[C@@H]1NC(=O)CSc1ccc(Cl)cc1. The third kappa shape index (κ3) is 4.38. The number of nitrogens with one attached hydrogen (secondary N) is 1. The Labute approximate surface area is 121 Å². The minimum atomic E-state index is -0.0525. The van der Waals surface area contributed by atoms with Crippen molar-refractivity contribution in [1.82, 2.24) is 5.32 Å². The lowest BCUT2D eigenvalue weighted by Crippen LogP contribution is -2.44. The highest BCUT2D eigenvalue weighted by atomic mass is 35.5. The maximum absolute atomic E-state index is 11.8. The number of halogens is 1. The maximum Gasteiger partial charge on any atom is 0.230 e. The number of amides is 1. The highest BCUT2D eigenvalue weighted by molar-refractivity contribution is 8.00. The fourth-order valence-electron chi connectivity index (χ4n) is 1.83. The van der Waals surface area contributed by atoms with E-state index in [1.165, 1.54) is 11.8 Å². The zero-order valence-electron chi connectivity index (χ0n) is 10.6. The molecule has 1 heterocycles. The predicted octanol–water partition coefficient (Wildman–Crippen LogP) is 1.96. The van der Waals surface area contributed by atoms with Crippen molar-refractivity contribution in [2.24, 2.45) is 0 Å². The van der Waals surface area contributed by atoms with Crippen LogP contribution in [0.4, 0.5) is 0 Å². The largest absolute Gasteiger partial charge is 0.377 e. The third-order valence-corrected chi connectivity index (χ3v) is 4.13. The van der Waals surface area contributed by atoms with Crippen LogP contribution in [-0.4, -0.2) is 44.1 Å². The van der Waals surface area contributed by atoms with E-state index in [9.17, 15) is 4.79 Å². The Morgan fingerprint density at radius 1 is 1.47 bits per heavy atom. The van der Waals surface area contributed by atoms with Crippen molar-refractivity contribution in [2.75, 3.05) is 26.1 Å². The van der Waals surface area contributed by atoms with Gasteiger partial charge in [0, 0.05) is 17.0 Å². The monoisotopic (exact) mass is 301 g/mol. The molecule has 2 rings (SSSR count). The van der Waals surface area contributed by atoms with E-state index in [0.29, 0.717) is 24.0 Å². The van der Waals surface area contributed by atoms with Gasteiger partial charge in [-0.1, -0.05) is 11.6 Å². The van der Waals surface area contributed by atoms with Gasteiger partial charge in [-0.05, 0) is 24.3 Å². The maximum atomic E-state index is 11.8. The Morgan fingerprint density at radius 2 is 2.21 bits per heavy atom. The van der Waals surface area contributed by atoms with E-state index in [0.717, 1.165) is 4.90 Å². The van der Waals surface area contributed by atoms with Gasteiger partial charge < -0.3 is 14.8 Å². The molecule has 0 unspecified atom stereocenters. The molecule has 0 radical (unpaired) electrons. The van der Waals surface area contributed by atoms with Crippen LogP contribution in [0.5, 0.6) is 0 Å². The number of carbonyl (C=O) groups excluding carboxylic acids is 1. The molecule has 0 bridgehead atoms. The predicted molar refractivity (Wildman–Crippen MR) is 75.7 cm³/mol. The first-order valence-electron chi connectivity index (χ1n) is 5.97. The first kappa shape index (κ1) is 14.7. The Balaban J connectivity index is 1.77. The van der Waals surface area contributed by atoms with Crippen LogP contribution in [0.1, 0.15) is 0 Å². The quantitative estimate of drug-likeness (QED) is 0.845. The molecule has 1 fully saturated rings. The van der Waals surface area contributed by atoms with E-state index in [-0.39, 0.29) is 18.1 Å². The van der Waals surface area contributed by atoms with Crippen LogP contribution in [0.15, 0.2) is 29.2 Å². The molecular formula is C13H16ClNO3S. The summed E-state index contributed by atoms with van der Waals surface area (Å²) in [5.41, 5.74) is 0. The molecule has 4 nitrogen and oxygen atoms in total. The Hall–Kier alpha value is -0.750. The minimum absolute atomic E-state index is 0.0162. The smallest absolute Gasteiger partial charge is 0.230 e. The molecule has 1 aromatic carbocycles. The fraction of sp³-hybridized carbons (Fsp3) is 0.462. The molecule has 0 aliphatic carbocycles. The van der Waals surface area contributed by atoms with Gasteiger partial charge in [0.1, 0.15) is 6.10 Å². The second-order valence-corrected chi connectivity index (χ2v) is 5.71. The van der Waals surface area contributed by atoms with Gasteiger partial charge in [0.15, 0.2) is 0 Å². The van der Waals surface area contributed by atoms with Crippen molar-refractivity contribution in [3.8, 4) is 0 Å². The summed E-state index contributed by atoms with van der Waals surface area (Å²) in [5.74, 6) is 0.353. The van der Waals surface area contributed by atoms with E-state index in [4.69, 9.17) is 21.1 Å². The number of rotatable bonds is 5. The second-order valence-electron chi connectivity index (χ2n) is 4.23. The second kappa shape index (κ2) is 7.14. The number of benzene rings is 1. The molecule has 0 aromatic heterocycles. The summed E-state index contributed by atoms with van der Waals surface area (Å²) in [6, 6.07) is 7.37. The van der Waals surface area contributed by atoms with Crippen LogP contribution < -0.4 is 5.32 Å². The topological polar surface area (TPSA) is 47.6 Å². The van der Waals surface area contributed by atoms with E-state index in [1.54, 1.807) is 7.11 Å². The highest BCUT2D eigenvalue weighted by Crippen LogP contribution is 2.20. The summed E-state index contributed by atoms with van der Waals surface area (Å²) in [6.45, 7) is 1.04. The van der Waals surface area contributed by atoms with Crippen LogP contribution in [0.3, 0.4) is 0 Å². The van der Waals surface area contributed by atoms with Crippen molar-refractivity contribution in [3.05, 3.63) is 29.3 Å². The average molecular weight is 302 g/mol. The van der Waals surface area contributed by atoms with E-state index < -0.39 is 0 Å². The van der Waals surface area contributed by atoms with Crippen molar-refractivity contribution >= 4 is 29.3 Å². The summed E-state index contributed by atoms with van der Waals surface area (Å²) in [4.78, 5) is 12.9. The lowest BCUT2D eigenvalue weighted by Gasteiger charge is -2.17.